The van der Waals surface area contributed by atoms with Gasteiger partial charge in [-0.05, 0) is 36.4 Å². The maximum absolute atomic E-state index is 12.0. The SMILES string of the molecule is O=C(c1ccc(Cl)cc1)[C@@H](O)NC(=S)c1ccc(Cl)cc1. The molecule has 1 atom stereocenters. The number of nitrogens with one attached hydrogen (secondary N) is 1. The van der Waals surface area contributed by atoms with E-state index >= 15 is 0 Å². The fourth-order valence-electron chi connectivity index (χ4n) is 1.65. The van der Waals surface area contributed by atoms with Crippen molar-refractivity contribution in [1.82, 2.24) is 5.32 Å². The number of ketones is 1. The summed E-state index contributed by atoms with van der Waals surface area (Å²) in [5, 5.41) is 13.6. The molecule has 0 bridgehead atoms. The van der Waals surface area contributed by atoms with E-state index in [2.05, 4.69) is 5.32 Å². The number of carbonyl (C=O) groups is 1. The number of thiocarbonyl (C=S) groups is 1. The van der Waals surface area contributed by atoms with E-state index in [0.717, 1.165) is 0 Å². The van der Waals surface area contributed by atoms with Gasteiger partial charge in [0.1, 0.15) is 4.99 Å². The zero-order chi connectivity index (χ0) is 15.4. The lowest BCUT2D eigenvalue weighted by Gasteiger charge is -2.14. The number of hydrogen-bond acceptors (Lipinski definition) is 3. The first kappa shape index (κ1) is 15.9. The van der Waals surface area contributed by atoms with Crippen molar-refractivity contribution in [2.75, 3.05) is 0 Å². The van der Waals surface area contributed by atoms with Gasteiger partial charge in [-0.15, -0.1) is 0 Å². The van der Waals surface area contributed by atoms with Crippen molar-refractivity contribution >= 4 is 46.2 Å². The molecule has 0 unspecified atom stereocenters. The highest BCUT2D eigenvalue weighted by Crippen LogP contribution is 2.12. The lowest BCUT2D eigenvalue weighted by Crippen LogP contribution is -2.40. The van der Waals surface area contributed by atoms with Crippen LogP contribution in [0.4, 0.5) is 0 Å². The molecule has 3 nitrogen and oxygen atoms in total. The normalized spacial score (nSPS) is 11.8. The van der Waals surface area contributed by atoms with Crippen LogP contribution >= 0.6 is 35.4 Å². The van der Waals surface area contributed by atoms with E-state index in [1.54, 1.807) is 48.5 Å². The van der Waals surface area contributed by atoms with Crippen LogP contribution in [-0.2, 0) is 0 Å². The predicted molar refractivity (Wildman–Crippen MR) is 88.1 cm³/mol. The summed E-state index contributed by atoms with van der Waals surface area (Å²) in [5.74, 6) is -0.483. The third kappa shape index (κ3) is 4.25. The van der Waals surface area contributed by atoms with Crippen molar-refractivity contribution < 1.29 is 9.90 Å². The highest BCUT2D eigenvalue weighted by Gasteiger charge is 2.18. The van der Waals surface area contributed by atoms with Crippen LogP contribution in [0.2, 0.25) is 10.0 Å². The Balaban J connectivity index is 2.05. The van der Waals surface area contributed by atoms with Crippen molar-refractivity contribution in [2.24, 2.45) is 0 Å². The van der Waals surface area contributed by atoms with Gasteiger partial charge >= 0.3 is 0 Å². The molecule has 0 aliphatic rings. The van der Waals surface area contributed by atoms with Crippen LogP contribution in [0, 0.1) is 0 Å². The van der Waals surface area contributed by atoms with E-state index in [9.17, 15) is 9.90 Å². The Kier molecular flexibility index (Phi) is 5.31. The molecule has 0 radical (unpaired) electrons. The Hall–Kier alpha value is -1.46. The fraction of sp³-hybridized carbons (Fsp3) is 0.0667. The summed E-state index contributed by atoms with van der Waals surface area (Å²) in [6, 6.07) is 13.0. The number of carbonyl (C=O) groups excluding carboxylic acids is 1. The molecule has 0 amide bonds. The molecule has 2 aromatic carbocycles. The first-order valence-corrected chi connectivity index (χ1v) is 7.18. The average molecular weight is 340 g/mol. The van der Waals surface area contributed by atoms with Crippen molar-refractivity contribution in [3.05, 3.63) is 69.7 Å². The molecular formula is C15H11Cl2NO2S. The first-order valence-electron chi connectivity index (χ1n) is 6.01. The van der Waals surface area contributed by atoms with Crippen molar-refractivity contribution in [3.8, 4) is 0 Å². The Morgan fingerprint density at radius 2 is 1.38 bits per heavy atom. The number of aliphatic hydroxyl groups excluding tert-OH is 1. The smallest absolute Gasteiger partial charge is 0.211 e. The van der Waals surface area contributed by atoms with Crippen LogP contribution in [-0.4, -0.2) is 22.1 Å². The minimum absolute atomic E-state index is 0.265. The zero-order valence-corrected chi connectivity index (χ0v) is 13.0. The quantitative estimate of drug-likeness (QED) is 0.508. The minimum Gasteiger partial charge on any atom is -0.367 e. The van der Waals surface area contributed by atoms with Crippen molar-refractivity contribution in [3.63, 3.8) is 0 Å². The van der Waals surface area contributed by atoms with Gasteiger partial charge in [-0.25, -0.2) is 0 Å². The zero-order valence-electron chi connectivity index (χ0n) is 10.7. The monoisotopic (exact) mass is 339 g/mol. The number of hydrogen-bond donors (Lipinski definition) is 2. The maximum atomic E-state index is 12.0. The summed E-state index contributed by atoms with van der Waals surface area (Å²) < 4.78 is 0. The second-order valence-corrected chi connectivity index (χ2v) is 5.54. The van der Waals surface area contributed by atoms with Crippen LogP contribution in [0.15, 0.2) is 48.5 Å². The van der Waals surface area contributed by atoms with Crippen LogP contribution in [0.1, 0.15) is 15.9 Å². The molecule has 0 heterocycles. The molecule has 0 saturated carbocycles. The molecule has 0 aliphatic carbocycles. The maximum Gasteiger partial charge on any atom is 0.211 e. The summed E-state index contributed by atoms with van der Waals surface area (Å²) in [5.41, 5.74) is 1.01. The number of rotatable bonds is 4. The Morgan fingerprint density at radius 1 is 0.952 bits per heavy atom. The second kappa shape index (κ2) is 7.00. The minimum atomic E-state index is -1.42. The Bertz CT molecular complexity index is 656. The van der Waals surface area contributed by atoms with Crippen molar-refractivity contribution in [1.29, 1.82) is 0 Å². The Labute approximate surface area is 137 Å². The number of aliphatic hydroxyl groups is 1. The summed E-state index contributed by atoms with van der Waals surface area (Å²) in [6.45, 7) is 0. The van der Waals surface area contributed by atoms with E-state index in [4.69, 9.17) is 35.4 Å². The molecule has 0 aliphatic heterocycles. The van der Waals surface area contributed by atoms with Crippen LogP contribution in [0.25, 0.3) is 0 Å². The van der Waals surface area contributed by atoms with Gasteiger partial charge in [0.25, 0.3) is 0 Å². The molecule has 2 rings (SSSR count). The van der Waals surface area contributed by atoms with E-state index in [1.165, 1.54) is 0 Å². The number of halogens is 2. The van der Waals surface area contributed by atoms with Crippen LogP contribution in [0.3, 0.4) is 0 Å². The van der Waals surface area contributed by atoms with Gasteiger partial charge in [0, 0.05) is 21.2 Å². The number of benzene rings is 2. The van der Waals surface area contributed by atoms with Crippen LogP contribution in [0.5, 0.6) is 0 Å². The van der Waals surface area contributed by atoms with E-state index < -0.39 is 12.0 Å². The topological polar surface area (TPSA) is 49.3 Å². The molecule has 2 aromatic rings. The van der Waals surface area contributed by atoms with Gasteiger partial charge in [-0.1, -0.05) is 47.6 Å². The third-order valence-electron chi connectivity index (χ3n) is 2.75. The molecular weight excluding hydrogens is 329 g/mol. The van der Waals surface area contributed by atoms with E-state index in [1.807, 2.05) is 0 Å². The molecule has 0 fully saturated rings. The molecule has 0 saturated heterocycles. The molecule has 0 spiro atoms. The fourth-order valence-corrected chi connectivity index (χ4v) is 2.15. The second-order valence-electron chi connectivity index (χ2n) is 4.25. The predicted octanol–water partition coefficient (Wildman–Crippen LogP) is 3.46. The summed E-state index contributed by atoms with van der Waals surface area (Å²) >= 11 is 16.7. The van der Waals surface area contributed by atoms with Gasteiger partial charge in [-0.2, -0.15) is 0 Å². The van der Waals surface area contributed by atoms with E-state index in [-0.39, 0.29) is 4.99 Å². The number of Topliss-reactive ketones (excluding diaryl/α,β-unsaturated/α-hetero) is 1. The average Bonchev–Trinajstić information content (AvgIpc) is 2.47. The highest BCUT2D eigenvalue weighted by molar-refractivity contribution is 7.80. The Morgan fingerprint density at radius 3 is 1.86 bits per heavy atom. The molecule has 2 N–H and O–H groups in total. The van der Waals surface area contributed by atoms with Gasteiger partial charge in [0.05, 0.1) is 0 Å². The van der Waals surface area contributed by atoms with Gasteiger partial charge in [0.15, 0.2) is 6.23 Å². The summed E-state index contributed by atoms with van der Waals surface area (Å²) in [6.07, 6.45) is -1.42. The largest absolute Gasteiger partial charge is 0.367 e. The lowest BCUT2D eigenvalue weighted by molar-refractivity contribution is 0.0721. The summed E-state index contributed by atoms with van der Waals surface area (Å²) in [4.78, 5) is 12.3. The van der Waals surface area contributed by atoms with E-state index in [0.29, 0.717) is 21.2 Å². The lowest BCUT2D eigenvalue weighted by atomic mass is 10.1. The molecule has 6 heteroatoms. The van der Waals surface area contributed by atoms with Gasteiger partial charge in [0.2, 0.25) is 5.78 Å². The highest BCUT2D eigenvalue weighted by atomic mass is 35.5. The molecule has 21 heavy (non-hydrogen) atoms. The molecule has 108 valence electrons. The van der Waals surface area contributed by atoms with Crippen LogP contribution < -0.4 is 5.32 Å². The molecule has 0 aromatic heterocycles. The van der Waals surface area contributed by atoms with Gasteiger partial charge < -0.3 is 10.4 Å². The van der Waals surface area contributed by atoms with Crippen molar-refractivity contribution in [2.45, 2.75) is 6.23 Å². The summed E-state index contributed by atoms with van der Waals surface area (Å²) in [7, 11) is 0. The third-order valence-corrected chi connectivity index (χ3v) is 3.61. The standard InChI is InChI=1S/C15H11Cl2NO2S/c16-11-5-1-9(2-6-11)13(19)14(20)18-15(21)10-3-7-12(17)8-4-10/h1-8,14,20H,(H,18,21)/t14-/m1/s1. The van der Waals surface area contributed by atoms with Gasteiger partial charge in [-0.3, -0.25) is 4.79 Å². The first-order chi connectivity index (χ1) is 9.97.